The maximum atomic E-state index is 14.2. The van der Waals surface area contributed by atoms with Gasteiger partial charge in [-0.2, -0.15) is 5.10 Å². The molecule has 42 heavy (non-hydrogen) atoms. The summed E-state index contributed by atoms with van der Waals surface area (Å²) in [6, 6.07) is 31.3. The van der Waals surface area contributed by atoms with Crippen LogP contribution in [0.5, 0.6) is 5.75 Å². The molecule has 0 aliphatic carbocycles. The van der Waals surface area contributed by atoms with Crippen molar-refractivity contribution in [1.82, 2.24) is 9.99 Å². The fraction of sp³-hybridized carbons (Fsp3) is 0.147. The van der Waals surface area contributed by atoms with Crippen LogP contribution in [0.1, 0.15) is 35.3 Å². The van der Waals surface area contributed by atoms with Crippen molar-refractivity contribution in [1.29, 1.82) is 0 Å². The first-order chi connectivity index (χ1) is 20.5. The summed E-state index contributed by atoms with van der Waals surface area (Å²) in [4.78, 5) is 31.0. The molecule has 4 aromatic carbocycles. The lowest BCUT2D eigenvalue weighted by molar-refractivity contribution is -0.144. The molecule has 1 aromatic heterocycles. The fourth-order valence-electron chi connectivity index (χ4n) is 5.62. The third kappa shape index (κ3) is 4.98. The van der Waals surface area contributed by atoms with Crippen molar-refractivity contribution >= 4 is 34.1 Å². The predicted molar refractivity (Wildman–Crippen MR) is 165 cm³/mol. The Bertz CT molecular complexity index is 1850. The summed E-state index contributed by atoms with van der Waals surface area (Å²) in [5, 5.41) is 7.63. The zero-order valence-corrected chi connectivity index (χ0v) is 23.8. The SMILES string of the molecule is COc1ccccc1[C@@H]1CC(c2c(-c3ccccc3)c3cc(Cl)ccc3[nH]c2=O)=NN1C(=O)[C@@H](OC)c1ccccc1. The maximum Gasteiger partial charge on any atom is 0.276 e. The van der Waals surface area contributed by atoms with E-state index in [1.165, 1.54) is 12.1 Å². The van der Waals surface area contributed by atoms with Gasteiger partial charge in [-0.3, -0.25) is 9.59 Å². The minimum absolute atomic E-state index is 0.284. The number of H-pyrrole nitrogens is 1. The largest absolute Gasteiger partial charge is 0.496 e. The summed E-state index contributed by atoms with van der Waals surface area (Å²) in [5.74, 6) is 0.268. The molecule has 0 bridgehead atoms. The number of nitrogens with zero attached hydrogens (tertiary/aromatic N) is 2. The van der Waals surface area contributed by atoms with Gasteiger partial charge in [-0.1, -0.05) is 90.5 Å². The number of amides is 1. The number of aromatic amines is 1. The molecule has 5 aromatic rings. The number of aromatic nitrogens is 1. The van der Waals surface area contributed by atoms with E-state index in [4.69, 9.17) is 26.2 Å². The monoisotopic (exact) mass is 577 g/mol. The third-order valence-corrected chi connectivity index (χ3v) is 7.76. The van der Waals surface area contributed by atoms with Crippen molar-refractivity contribution in [2.24, 2.45) is 5.10 Å². The molecule has 1 N–H and O–H groups in total. The Kier molecular flexibility index (Phi) is 7.61. The fourth-order valence-corrected chi connectivity index (χ4v) is 5.79. The normalized spacial score (nSPS) is 15.5. The molecule has 1 amide bonds. The Balaban J connectivity index is 1.57. The van der Waals surface area contributed by atoms with Crippen LogP contribution < -0.4 is 10.3 Å². The summed E-state index contributed by atoms with van der Waals surface area (Å²) < 4.78 is 11.4. The van der Waals surface area contributed by atoms with Crippen molar-refractivity contribution < 1.29 is 14.3 Å². The van der Waals surface area contributed by atoms with E-state index < -0.39 is 12.1 Å². The standard InChI is InChI=1S/C34H28ClN3O4/c1-41-29-16-10-9-15-24(29)28-20-27(37-38(28)34(40)32(42-2)22-13-7-4-8-14-22)31-30(21-11-5-3-6-12-21)25-19-23(35)17-18-26(25)36-33(31)39/h3-19,28,32H,20H2,1-2H3,(H,36,39)/t28-,32-/m0/s1. The molecule has 6 rings (SSSR count). The van der Waals surface area contributed by atoms with E-state index in [-0.39, 0.29) is 17.9 Å². The van der Waals surface area contributed by atoms with Gasteiger partial charge in [0.2, 0.25) is 0 Å². The molecular weight excluding hydrogens is 550 g/mol. The second-order valence-corrected chi connectivity index (χ2v) is 10.4. The number of hydrogen-bond donors (Lipinski definition) is 1. The van der Waals surface area contributed by atoms with E-state index in [1.54, 1.807) is 19.2 Å². The zero-order valence-electron chi connectivity index (χ0n) is 23.1. The first-order valence-corrected chi connectivity index (χ1v) is 13.9. The molecule has 7 nitrogen and oxygen atoms in total. The van der Waals surface area contributed by atoms with Crippen LogP contribution in [0.3, 0.4) is 0 Å². The molecule has 1 aliphatic rings. The molecule has 0 saturated carbocycles. The van der Waals surface area contributed by atoms with Crippen molar-refractivity contribution in [2.45, 2.75) is 18.6 Å². The number of hydrogen-bond acceptors (Lipinski definition) is 5. The first-order valence-electron chi connectivity index (χ1n) is 13.5. The second-order valence-electron chi connectivity index (χ2n) is 9.98. The van der Waals surface area contributed by atoms with Gasteiger partial charge in [0.15, 0.2) is 6.10 Å². The van der Waals surface area contributed by atoms with Crippen molar-refractivity contribution in [2.75, 3.05) is 14.2 Å². The highest BCUT2D eigenvalue weighted by molar-refractivity contribution is 6.31. The van der Waals surface area contributed by atoms with Gasteiger partial charge in [0.25, 0.3) is 11.5 Å². The number of carbonyl (C=O) groups is 1. The van der Waals surface area contributed by atoms with Crippen LogP contribution in [0.25, 0.3) is 22.0 Å². The van der Waals surface area contributed by atoms with Crippen molar-refractivity contribution in [3.8, 4) is 16.9 Å². The quantitative estimate of drug-likeness (QED) is 0.227. The van der Waals surface area contributed by atoms with Gasteiger partial charge in [-0.15, -0.1) is 0 Å². The molecule has 210 valence electrons. The molecule has 2 heterocycles. The highest BCUT2D eigenvalue weighted by atomic mass is 35.5. The number of hydrazone groups is 1. The number of methoxy groups -OCH3 is 2. The summed E-state index contributed by atoms with van der Waals surface area (Å²) in [5.41, 5.74) is 4.24. The number of halogens is 1. The van der Waals surface area contributed by atoms with Gasteiger partial charge in [0.05, 0.1) is 24.4 Å². The number of nitrogens with one attached hydrogen (secondary N) is 1. The molecule has 0 spiro atoms. The van der Waals surface area contributed by atoms with Crippen LogP contribution >= 0.6 is 11.6 Å². The van der Waals surface area contributed by atoms with Gasteiger partial charge in [0, 0.05) is 40.6 Å². The highest BCUT2D eigenvalue weighted by Crippen LogP contribution is 2.41. The van der Waals surface area contributed by atoms with Crippen LogP contribution in [-0.4, -0.2) is 35.8 Å². The van der Waals surface area contributed by atoms with E-state index in [1.807, 2.05) is 91.0 Å². The molecular formula is C34H28ClN3O4. The lowest BCUT2D eigenvalue weighted by Crippen LogP contribution is -2.32. The zero-order chi connectivity index (χ0) is 29.2. The smallest absolute Gasteiger partial charge is 0.276 e. The molecule has 0 unspecified atom stereocenters. The van der Waals surface area contributed by atoms with Crippen LogP contribution in [0, 0.1) is 0 Å². The predicted octanol–water partition coefficient (Wildman–Crippen LogP) is 6.92. The average molecular weight is 578 g/mol. The average Bonchev–Trinajstić information content (AvgIpc) is 3.46. The Hall–Kier alpha value is -4.72. The number of fused-ring (bicyclic) bond motifs is 1. The third-order valence-electron chi connectivity index (χ3n) is 7.52. The Morgan fingerprint density at radius 1 is 0.929 bits per heavy atom. The number of rotatable bonds is 7. The number of pyridine rings is 1. The minimum Gasteiger partial charge on any atom is -0.496 e. The number of benzene rings is 4. The number of para-hydroxylation sites is 1. The van der Waals surface area contributed by atoms with Crippen LogP contribution in [0.15, 0.2) is 113 Å². The molecule has 0 radical (unpaired) electrons. The molecule has 1 aliphatic heterocycles. The van der Waals surface area contributed by atoms with Gasteiger partial charge in [0.1, 0.15) is 5.75 Å². The van der Waals surface area contributed by atoms with E-state index >= 15 is 0 Å². The van der Waals surface area contributed by atoms with E-state index in [2.05, 4.69) is 4.98 Å². The lowest BCUT2D eigenvalue weighted by atomic mass is 9.90. The van der Waals surface area contributed by atoms with Gasteiger partial charge in [-0.05, 0) is 35.4 Å². The molecule has 2 atom stereocenters. The second kappa shape index (κ2) is 11.6. The molecule has 0 fully saturated rings. The Morgan fingerprint density at radius 3 is 2.33 bits per heavy atom. The van der Waals surface area contributed by atoms with Crippen molar-refractivity contribution in [3.05, 3.63) is 135 Å². The summed E-state index contributed by atoms with van der Waals surface area (Å²) in [6.45, 7) is 0. The molecule has 0 saturated heterocycles. The van der Waals surface area contributed by atoms with E-state index in [9.17, 15) is 9.59 Å². The van der Waals surface area contributed by atoms with Crippen molar-refractivity contribution in [3.63, 3.8) is 0 Å². The Morgan fingerprint density at radius 2 is 1.62 bits per heavy atom. The maximum absolute atomic E-state index is 14.2. The number of ether oxygens (including phenoxy) is 2. The van der Waals surface area contributed by atoms with Crippen LogP contribution in [-0.2, 0) is 9.53 Å². The van der Waals surface area contributed by atoms with Gasteiger partial charge < -0.3 is 14.5 Å². The van der Waals surface area contributed by atoms with Crippen LogP contribution in [0.2, 0.25) is 5.02 Å². The van der Waals surface area contributed by atoms with Gasteiger partial charge in [-0.25, -0.2) is 5.01 Å². The van der Waals surface area contributed by atoms with E-state index in [0.29, 0.717) is 38.7 Å². The van der Waals surface area contributed by atoms with Gasteiger partial charge >= 0.3 is 0 Å². The summed E-state index contributed by atoms with van der Waals surface area (Å²) in [6.07, 6.45) is -0.611. The lowest BCUT2D eigenvalue weighted by Gasteiger charge is -2.27. The van der Waals surface area contributed by atoms with E-state index in [0.717, 1.165) is 16.5 Å². The topological polar surface area (TPSA) is 84.0 Å². The number of carbonyl (C=O) groups excluding carboxylic acids is 1. The minimum atomic E-state index is -0.895. The summed E-state index contributed by atoms with van der Waals surface area (Å²) in [7, 11) is 3.09. The molecule has 8 heteroatoms. The highest BCUT2D eigenvalue weighted by Gasteiger charge is 2.39. The Labute approximate surface area is 248 Å². The van der Waals surface area contributed by atoms with Crippen LogP contribution in [0.4, 0.5) is 0 Å². The summed E-state index contributed by atoms with van der Waals surface area (Å²) >= 11 is 6.44. The first kappa shape index (κ1) is 27.4.